The van der Waals surface area contributed by atoms with Crippen molar-refractivity contribution in [2.24, 2.45) is 10.9 Å². The standard InChI is InChI=1S/C13H20BrN3OS/c1-4-10(8-19-3)17(2)12-6-5-9(7-11(12)14)13(15)16-18/h5-7,10,18H,4,8H2,1-3H3,(H2,15,16). The molecule has 1 rings (SSSR count). The highest BCUT2D eigenvalue weighted by atomic mass is 79.9. The summed E-state index contributed by atoms with van der Waals surface area (Å²) >= 11 is 5.40. The van der Waals surface area contributed by atoms with Crippen LogP contribution in [0.4, 0.5) is 5.69 Å². The van der Waals surface area contributed by atoms with Gasteiger partial charge in [0, 0.05) is 28.9 Å². The van der Waals surface area contributed by atoms with Crippen LogP contribution >= 0.6 is 27.7 Å². The molecule has 0 saturated carbocycles. The first-order valence-electron chi connectivity index (χ1n) is 6.04. The molecule has 0 fully saturated rings. The molecule has 0 radical (unpaired) electrons. The minimum absolute atomic E-state index is 0.117. The van der Waals surface area contributed by atoms with E-state index in [4.69, 9.17) is 10.9 Å². The second kappa shape index (κ2) is 7.65. The fraction of sp³-hybridized carbons (Fsp3) is 0.462. The quantitative estimate of drug-likeness (QED) is 0.360. The highest BCUT2D eigenvalue weighted by molar-refractivity contribution is 9.10. The summed E-state index contributed by atoms with van der Waals surface area (Å²) in [6.07, 6.45) is 3.21. The summed E-state index contributed by atoms with van der Waals surface area (Å²) in [4.78, 5) is 2.26. The largest absolute Gasteiger partial charge is 0.409 e. The molecule has 1 atom stereocenters. The highest BCUT2D eigenvalue weighted by Gasteiger charge is 2.15. The number of rotatable bonds is 6. The first kappa shape index (κ1) is 16.2. The Bertz CT molecular complexity index is 454. The highest BCUT2D eigenvalue weighted by Crippen LogP contribution is 2.29. The second-order valence-corrected chi connectivity index (χ2v) is 6.04. The van der Waals surface area contributed by atoms with Gasteiger partial charge >= 0.3 is 0 Å². The third kappa shape index (κ3) is 4.04. The number of benzene rings is 1. The third-order valence-corrected chi connectivity index (χ3v) is 4.46. The van der Waals surface area contributed by atoms with Gasteiger partial charge in [-0.2, -0.15) is 11.8 Å². The van der Waals surface area contributed by atoms with Gasteiger partial charge in [0.25, 0.3) is 0 Å². The van der Waals surface area contributed by atoms with E-state index in [1.165, 1.54) is 0 Å². The van der Waals surface area contributed by atoms with Crippen molar-refractivity contribution in [2.75, 3.05) is 24.0 Å². The van der Waals surface area contributed by atoms with Crippen LogP contribution in [0, 0.1) is 0 Å². The predicted molar refractivity (Wildman–Crippen MR) is 87.5 cm³/mol. The van der Waals surface area contributed by atoms with Crippen LogP contribution in [0.5, 0.6) is 0 Å². The van der Waals surface area contributed by atoms with E-state index in [1.807, 2.05) is 30.0 Å². The number of nitrogens with two attached hydrogens (primary N) is 1. The predicted octanol–water partition coefficient (Wildman–Crippen LogP) is 3.12. The van der Waals surface area contributed by atoms with E-state index in [0.29, 0.717) is 11.6 Å². The Balaban J connectivity index is 3.01. The Hall–Kier alpha value is -0.880. The maximum absolute atomic E-state index is 8.69. The molecular weight excluding hydrogens is 326 g/mol. The number of hydrogen-bond donors (Lipinski definition) is 2. The summed E-state index contributed by atoms with van der Waals surface area (Å²) in [5, 5.41) is 11.7. The van der Waals surface area contributed by atoms with Crippen molar-refractivity contribution in [3.63, 3.8) is 0 Å². The Morgan fingerprint density at radius 3 is 2.74 bits per heavy atom. The SMILES string of the molecule is CCC(CSC)N(C)c1ccc(/C(N)=N/O)cc1Br. The lowest BCUT2D eigenvalue weighted by atomic mass is 10.1. The van der Waals surface area contributed by atoms with Crippen LogP contribution in [0.25, 0.3) is 0 Å². The van der Waals surface area contributed by atoms with Gasteiger partial charge in [-0.1, -0.05) is 12.1 Å². The number of nitrogens with zero attached hydrogens (tertiary/aromatic N) is 2. The van der Waals surface area contributed by atoms with Crippen LogP contribution in [-0.4, -0.2) is 36.1 Å². The van der Waals surface area contributed by atoms with Gasteiger partial charge in [-0.05, 0) is 46.8 Å². The lowest BCUT2D eigenvalue weighted by Gasteiger charge is -2.29. The van der Waals surface area contributed by atoms with Crippen molar-refractivity contribution in [3.8, 4) is 0 Å². The molecule has 6 heteroatoms. The van der Waals surface area contributed by atoms with E-state index in [9.17, 15) is 0 Å². The molecule has 1 aromatic carbocycles. The fourth-order valence-corrected chi connectivity index (χ4v) is 3.41. The van der Waals surface area contributed by atoms with Crippen LogP contribution in [0.2, 0.25) is 0 Å². The molecule has 0 amide bonds. The topological polar surface area (TPSA) is 61.8 Å². The molecule has 0 aliphatic carbocycles. The van der Waals surface area contributed by atoms with Crippen molar-refractivity contribution in [1.29, 1.82) is 0 Å². The number of oxime groups is 1. The molecule has 1 aromatic rings. The number of thioether (sulfide) groups is 1. The Kier molecular flexibility index (Phi) is 6.51. The maximum atomic E-state index is 8.69. The molecule has 1 unspecified atom stereocenters. The van der Waals surface area contributed by atoms with Crippen molar-refractivity contribution in [1.82, 2.24) is 0 Å². The van der Waals surface area contributed by atoms with Gasteiger partial charge < -0.3 is 15.8 Å². The molecule has 0 aliphatic heterocycles. The number of amidine groups is 1. The van der Waals surface area contributed by atoms with Gasteiger partial charge in [-0.25, -0.2) is 0 Å². The van der Waals surface area contributed by atoms with Crippen LogP contribution in [0.3, 0.4) is 0 Å². The summed E-state index contributed by atoms with van der Waals surface area (Å²) < 4.78 is 0.943. The van der Waals surface area contributed by atoms with Crippen molar-refractivity contribution in [3.05, 3.63) is 28.2 Å². The van der Waals surface area contributed by atoms with Gasteiger partial charge in [-0.15, -0.1) is 0 Å². The van der Waals surface area contributed by atoms with Crippen molar-refractivity contribution < 1.29 is 5.21 Å². The molecule has 0 aromatic heterocycles. The van der Waals surface area contributed by atoms with Crippen molar-refractivity contribution >= 4 is 39.2 Å². The average Bonchev–Trinajstić information content (AvgIpc) is 2.43. The third-order valence-electron chi connectivity index (χ3n) is 3.11. The number of anilines is 1. The van der Waals surface area contributed by atoms with E-state index in [0.717, 1.165) is 22.3 Å². The molecule has 0 bridgehead atoms. The minimum Gasteiger partial charge on any atom is -0.409 e. The van der Waals surface area contributed by atoms with E-state index >= 15 is 0 Å². The molecule has 3 N–H and O–H groups in total. The second-order valence-electron chi connectivity index (χ2n) is 4.28. The summed E-state index contributed by atoms with van der Waals surface area (Å²) in [5.41, 5.74) is 7.39. The molecular formula is C13H20BrN3OS. The first-order valence-corrected chi connectivity index (χ1v) is 8.23. The van der Waals surface area contributed by atoms with Gasteiger partial charge in [-0.3, -0.25) is 0 Å². The molecule has 106 valence electrons. The summed E-state index contributed by atoms with van der Waals surface area (Å²) in [6.45, 7) is 2.19. The Morgan fingerprint density at radius 2 is 2.26 bits per heavy atom. The monoisotopic (exact) mass is 345 g/mol. The van der Waals surface area contributed by atoms with Gasteiger partial charge in [0.05, 0.1) is 5.69 Å². The molecule has 0 saturated heterocycles. The van der Waals surface area contributed by atoms with Gasteiger partial charge in [0.2, 0.25) is 0 Å². The van der Waals surface area contributed by atoms with E-state index in [1.54, 1.807) is 0 Å². The molecule has 0 aliphatic rings. The smallest absolute Gasteiger partial charge is 0.170 e. The first-order chi connectivity index (χ1) is 9.04. The normalized spacial score (nSPS) is 13.4. The van der Waals surface area contributed by atoms with Crippen molar-refractivity contribution in [2.45, 2.75) is 19.4 Å². The molecule has 0 spiro atoms. The Labute approximate surface area is 127 Å². The van der Waals surface area contributed by atoms with Crippen LogP contribution in [-0.2, 0) is 0 Å². The zero-order valence-corrected chi connectivity index (χ0v) is 13.8. The number of hydrogen-bond acceptors (Lipinski definition) is 4. The maximum Gasteiger partial charge on any atom is 0.170 e. The van der Waals surface area contributed by atoms with Gasteiger partial charge in [0.15, 0.2) is 5.84 Å². The number of halogens is 1. The van der Waals surface area contributed by atoms with Crippen LogP contribution in [0.1, 0.15) is 18.9 Å². The fourth-order valence-electron chi connectivity index (χ4n) is 1.90. The zero-order chi connectivity index (χ0) is 14.4. The van der Waals surface area contributed by atoms with E-state index in [-0.39, 0.29) is 5.84 Å². The lowest BCUT2D eigenvalue weighted by molar-refractivity contribution is 0.318. The molecule has 4 nitrogen and oxygen atoms in total. The van der Waals surface area contributed by atoms with E-state index in [2.05, 4.69) is 46.2 Å². The van der Waals surface area contributed by atoms with Crippen LogP contribution in [0.15, 0.2) is 27.8 Å². The average molecular weight is 346 g/mol. The van der Waals surface area contributed by atoms with Crippen LogP contribution < -0.4 is 10.6 Å². The summed E-state index contributed by atoms with van der Waals surface area (Å²) in [6, 6.07) is 6.20. The minimum atomic E-state index is 0.117. The summed E-state index contributed by atoms with van der Waals surface area (Å²) in [5.74, 6) is 1.20. The summed E-state index contributed by atoms with van der Waals surface area (Å²) in [7, 11) is 2.09. The Morgan fingerprint density at radius 1 is 1.58 bits per heavy atom. The molecule has 19 heavy (non-hydrogen) atoms. The van der Waals surface area contributed by atoms with E-state index < -0.39 is 0 Å². The zero-order valence-electron chi connectivity index (χ0n) is 11.4. The van der Waals surface area contributed by atoms with Gasteiger partial charge in [0.1, 0.15) is 0 Å². The molecule has 0 heterocycles. The lowest BCUT2D eigenvalue weighted by Crippen LogP contribution is -2.33.